The lowest BCUT2D eigenvalue weighted by molar-refractivity contribution is -0.118. The Bertz CT molecular complexity index is 1150. The molecule has 0 bridgehead atoms. The normalized spacial score (nSPS) is 12.0. The molecule has 7 heteroatoms. The Morgan fingerprint density at radius 2 is 1.58 bits per heavy atom. The summed E-state index contributed by atoms with van der Waals surface area (Å²) >= 11 is 0. The van der Waals surface area contributed by atoms with Gasteiger partial charge in [0.05, 0.1) is 0 Å². The van der Waals surface area contributed by atoms with Crippen molar-refractivity contribution in [1.82, 2.24) is 20.2 Å². The number of nitrogens with zero attached hydrogens (tertiary/aromatic N) is 4. The number of nitrogens with one attached hydrogen (secondary N) is 1. The molecule has 1 atom stereocenters. The largest absolute Gasteiger partial charge is 0.324 e. The van der Waals surface area contributed by atoms with E-state index in [-0.39, 0.29) is 11.7 Å². The molecule has 156 valence electrons. The van der Waals surface area contributed by atoms with Gasteiger partial charge in [-0.05, 0) is 46.5 Å². The number of amides is 1. The molecule has 0 aliphatic heterocycles. The van der Waals surface area contributed by atoms with E-state index in [0.717, 1.165) is 5.56 Å². The van der Waals surface area contributed by atoms with Crippen LogP contribution in [0.25, 0.3) is 11.4 Å². The van der Waals surface area contributed by atoms with Gasteiger partial charge in [-0.15, -0.1) is 15.0 Å². The fraction of sp³-hybridized carbons (Fsp3) is 0.167. The van der Waals surface area contributed by atoms with Gasteiger partial charge in [-0.1, -0.05) is 68.4 Å². The van der Waals surface area contributed by atoms with Crippen molar-refractivity contribution < 1.29 is 9.18 Å². The van der Waals surface area contributed by atoms with Gasteiger partial charge in [-0.3, -0.25) is 4.79 Å². The van der Waals surface area contributed by atoms with E-state index in [4.69, 9.17) is 0 Å². The zero-order valence-electron chi connectivity index (χ0n) is 17.2. The summed E-state index contributed by atoms with van der Waals surface area (Å²) < 4.78 is 13.2. The molecule has 0 unspecified atom stereocenters. The van der Waals surface area contributed by atoms with Gasteiger partial charge in [0.2, 0.25) is 5.82 Å². The maximum absolute atomic E-state index is 13.2. The van der Waals surface area contributed by atoms with Crippen molar-refractivity contribution in [1.29, 1.82) is 0 Å². The number of tetrazole rings is 1. The van der Waals surface area contributed by atoms with Gasteiger partial charge in [0.1, 0.15) is 5.82 Å². The van der Waals surface area contributed by atoms with Crippen LogP contribution in [0.3, 0.4) is 0 Å². The minimum atomic E-state index is -0.831. The van der Waals surface area contributed by atoms with Crippen LogP contribution >= 0.6 is 0 Å². The van der Waals surface area contributed by atoms with E-state index in [1.807, 2.05) is 54.6 Å². The van der Waals surface area contributed by atoms with Gasteiger partial charge in [0.25, 0.3) is 5.91 Å². The van der Waals surface area contributed by atoms with Crippen LogP contribution in [0, 0.1) is 5.82 Å². The number of carbonyl (C=O) groups excluding carboxylic acids is 1. The third-order valence-corrected chi connectivity index (χ3v) is 4.97. The first-order valence-corrected chi connectivity index (χ1v) is 10.0. The number of anilines is 1. The van der Waals surface area contributed by atoms with E-state index in [9.17, 15) is 9.18 Å². The van der Waals surface area contributed by atoms with E-state index in [1.54, 1.807) is 0 Å². The second-order valence-electron chi connectivity index (χ2n) is 7.52. The maximum atomic E-state index is 13.2. The standard InChI is InChI=1S/C24H22FN5O/c1-16(2)17-8-10-19(11-9-17)23-27-29-30(28-23)22(18-6-4-3-5-7-18)24(31)26-21-14-12-20(25)13-15-21/h3-16,22H,1-2H3,(H,26,31)/t22-/m1/s1. The molecular weight excluding hydrogens is 393 g/mol. The van der Waals surface area contributed by atoms with Crippen molar-refractivity contribution in [3.05, 3.63) is 95.8 Å². The maximum Gasteiger partial charge on any atom is 0.255 e. The summed E-state index contributed by atoms with van der Waals surface area (Å²) in [7, 11) is 0. The zero-order chi connectivity index (χ0) is 21.8. The highest BCUT2D eigenvalue weighted by Gasteiger charge is 2.26. The van der Waals surface area contributed by atoms with Crippen LogP contribution in [-0.4, -0.2) is 26.1 Å². The van der Waals surface area contributed by atoms with E-state index >= 15 is 0 Å². The number of halogens is 1. The molecule has 0 radical (unpaired) electrons. The average Bonchev–Trinajstić information content (AvgIpc) is 3.26. The fourth-order valence-corrected chi connectivity index (χ4v) is 3.24. The lowest BCUT2D eigenvalue weighted by atomic mass is 10.0. The Kier molecular flexibility index (Phi) is 5.84. The van der Waals surface area contributed by atoms with Gasteiger partial charge >= 0.3 is 0 Å². The van der Waals surface area contributed by atoms with Crippen LogP contribution in [-0.2, 0) is 4.79 Å². The molecular formula is C24H22FN5O. The van der Waals surface area contributed by atoms with Gasteiger partial charge in [-0.25, -0.2) is 4.39 Å². The molecule has 0 spiro atoms. The number of rotatable bonds is 6. The monoisotopic (exact) mass is 415 g/mol. The Morgan fingerprint density at radius 3 is 2.23 bits per heavy atom. The first-order chi connectivity index (χ1) is 15.0. The first-order valence-electron chi connectivity index (χ1n) is 10.0. The SMILES string of the molecule is CC(C)c1ccc(-c2nnn([C@@H](C(=O)Nc3ccc(F)cc3)c3ccccc3)n2)cc1. The molecule has 4 aromatic rings. The van der Waals surface area contributed by atoms with Gasteiger partial charge < -0.3 is 5.32 Å². The zero-order valence-corrected chi connectivity index (χ0v) is 17.2. The van der Waals surface area contributed by atoms with Crippen LogP contribution in [0.2, 0.25) is 0 Å². The number of benzene rings is 3. The summed E-state index contributed by atoms with van der Waals surface area (Å²) in [6.07, 6.45) is 0. The highest BCUT2D eigenvalue weighted by molar-refractivity contribution is 5.95. The van der Waals surface area contributed by atoms with Crippen molar-refractivity contribution in [2.75, 3.05) is 5.32 Å². The summed E-state index contributed by atoms with van der Waals surface area (Å²) in [4.78, 5) is 14.4. The van der Waals surface area contributed by atoms with Gasteiger partial charge in [0, 0.05) is 11.3 Å². The Morgan fingerprint density at radius 1 is 0.903 bits per heavy atom. The summed E-state index contributed by atoms with van der Waals surface area (Å²) in [5.74, 6) is 0.140. The lowest BCUT2D eigenvalue weighted by Gasteiger charge is -2.16. The molecule has 0 saturated heterocycles. The highest BCUT2D eigenvalue weighted by atomic mass is 19.1. The molecule has 6 nitrogen and oxygen atoms in total. The summed E-state index contributed by atoms with van der Waals surface area (Å²) in [5, 5.41) is 15.6. The van der Waals surface area contributed by atoms with Gasteiger partial charge in [-0.2, -0.15) is 0 Å². The molecule has 1 N–H and O–H groups in total. The molecule has 1 aromatic heterocycles. The van der Waals surface area contributed by atoms with E-state index in [1.165, 1.54) is 34.6 Å². The highest BCUT2D eigenvalue weighted by Crippen LogP contribution is 2.23. The molecule has 1 heterocycles. The molecule has 1 amide bonds. The molecule has 0 saturated carbocycles. The van der Waals surface area contributed by atoms with Crippen molar-refractivity contribution in [3.63, 3.8) is 0 Å². The third kappa shape index (κ3) is 4.66. The molecule has 4 rings (SSSR count). The predicted molar refractivity (Wildman–Crippen MR) is 117 cm³/mol. The van der Waals surface area contributed by atoms with Crippen molar-refractivity contribution in [3.8, 4) is 11.4 Å². The Labute approximate surface area is 179 Å². The van der Waals surface area contributed by atoms with Crippen LogP contribution < -0.4 is 5.32 Å². The summed E-state index contributed by atoms with van der Waals surface area (Å²) in [6, 6.07) is 22.0. The van der Waals surface area contributed by atoms with E-state index in [0.29, 0.717) is 23.0 Å². The number of aromatic nitrogens is 4. The minimum Gasteiger partial charge on any atom is -0.324 e. The average molecular weight is 415 g/mol. The fourth-order valence-electron chi connectivity index (χ4n) is 3.24. The second kappa shape index (κ2) is 8.87. The van der Waals surface area contributed by atoms with E-state index in [2.05, 4.69) is 34.6 Å². The number of hydrogen-bond acceptors (Lipinski definition) is 4. The molecule has 0 aliphatic carbocycles. The first kappa shape index (κ1) is 20.4. The smallest absolute Gasteiger partial charge is 0.255 e. The lowest BCUT2D eigenvalue weighted by Crippen LogP contribution is -2.28. The van der Waals surface area contributed by atoms with Crippen LogP contribution in [0.1, 0.15) is 36.9 Å². The minimum absolute atomic E-state index is 0.350. The molecule has 0 fully saturated rings. The Balaban J connectivity index is 1.64. The molecule has 0 aliphatic rings. The van der Waals surface area contributed by atoms with Crippen LogP contribution in [0.15, 0.2) is 78.9 Å². The van der Waals surface area contributed by atoms with Crippen molar-refractivity contribution in [2.45, 2.75) is 25.8 Å². The second-order valence-corrected chi connectivity index (χ2v) is 7.52. The third-order valence-electron chi connectivity index (χ3n) is 4.97. The quantitative estimate of drug-likeness (QED) is 0.490. The number of carbonyl (C=O) groups is 1. The Hall–Kier alpha value is -3.87. The predicted octanol–water partition coefficient (Wildman–Crippen LogP) is 4.83. The van der Waals surface area contributed by atoms with Crippen LogP contribution in [0.4, 0.5) is 10.1 Å². The van der Waals surface area contributed by atoms with Crippen molar-refractivity contribution in [2.24, 2.45) is 0 Å². The van der Waals surface area contributed by atoms with Gasteiger partial charge in [0.15, 0.2) is 6.04 Å². The number of hydrogen-bond donors (Lipinski definition) is 1. The summed E-state index contributed by atoms with van der Waals surface area (Å²) in [6.45, 7) is 4.27. The van der Waals surface area contributed by atoms with E-state index < -0.39 is 6.04 Å². The topological polar surface area (TPSA) is 72.7 Å². The molecule has 31 heavy (non-hydrogen) atoms. The van der Waals surface area contributed by atoms with Crippen molar-refractivity contribution >= 4 is 11.6 Å². The van der Waals surface area contributed by atoms with Crippen LogP contribution in [0.5, 0.6) is 0 Å². The summed E-state index contributed by atoms with van der Waals surface area (Å²) in [5.41, 5.74) is 3.23. The molecule has 3 aromatic carbocycles.